The summed E-state index contributed by atoms with van der Waals surface area (Å²) in [6.45, 7) is 22.5. The van der Waals surface area contributed by atoms with Gasteiger partial charge in [0.15, 0.2) is 0 Å². The fourth-order valence-corrected chi connectivity index (χ4v) is 10.1. The molecule has 0 atom stereocenters. The molecule has 10 aromatic rings. The summed E-state index contributed by atoms with van der Waals surface area (Å²) in [6.07, 6.45) is 5.89. The number of fused-ring (bicyclic) bond motifs is 4. The van der Waals surface area contributed by atoms with E-state index in [0.29, 0.717) is 11.6 Å². The Bertz CT molecular complexity index is 3310. The van der Waals surface area contributed by atoms with Crippen LogP contribution in [0.15, 0.2) is 156 Å². The van der Waals surface area contributed by atoms with Crippen molar-refractivity contribution in [1.29, 1.82) is 0 Å². The third-order valence-corrected chi connectivity index (χ3v) is 14.3. The van der Waals surface area contributed by atoms with Crippen LogP contribution in [0, 0.1) is 12.1 Å². The van der Waals surface area contributed by atoms with Crippen LogP contribution >= 0.6 is 0 Å². The minimum atomic E-state index is -1.49. The summed E-state index contributed by atoms with van der Waals surface area (Å²) >= 11 is 0. The van der Waals surface area contributed by atoms with E-state index in [-0.39, 0.29) is 31.4 Å². The average molecular weight is 1070 g/mol. The van der Waals surface area contributed by atoms with Crippen LogP contribution < -0.4 is 5.19 Å². The maximum absolute atomic E-state index is 6.50. The van der Waals surface area contributed by atoms with Gasteiger partial charge in [-0.3, -0.25) is 9.97 Å². The molecule has 6 nitrogen and oxygen atoms in total. The largest absolute Gasteiger partial charge is 0.486 e. The minimum Gasteiger partial charge on any atom is -0.486 e. The molecule has 0 aliphatic heterocycles. The number of furan rings is 1. The van der Waals surface area contributed by atoms with Gasteiger partial charge in [0.1, 0.15) is 0 Å². The number of rotatable bonds is 8. The van der Waals surface area contributed by atoms with Gasteiger partial charge in [-0.25, -0.2) is 4.98 Å². The Hall–Kier alpha value is -6.31. The molecule has 1 radical (unpaired) electrons. The summed E-state index contributed by atoms with van der Waals surface area (Å²) in [5.41, 5.74) is 15.5. The summed E-state index contributed by atoms with van der Waals surface area (Å²) in [5.74, 6) is 1.59. The van der Waals surface area contributed by atoms with E-state index in [4.69, 9.17) is 19.4 Å². The van der Waals surface area contributed by atoms with Gasteiger partial charge in [0.25, 0.3) is 0 Å². The number of aromatic nitrogens is 5. The number of hydrogen-bond donors (Lipinski definition) is 0. The molecule has 5 aromatic heterocycles. The molecule has 0 spiro atoms. The van der Waals surface area contributed by atoms with Gasteiger partial charge in [-0.2, -0.15) is 0 Å². The van der Waals surface area contributed by atoms with Crippen molar-refractivity contribution in [2.24, 2.45) is 0 Å². The third kappa shape index (κ3) is 9.62. The van der Waals surface area contributed by atoms with Gasteiger partial charge >= 0.3 is 0 Å². The second-order valence-electron chi connectivity index (χ2n) is 19.8. The van der Waals surface area contributed by atoms with E-state index in [2.05, 4.69) is 193 Å². The summed E-state index contributed by atoms with van der Waals surface area (Å²) < 4.78 is 8.73. The summed E-state index contributed by atoms with van der Waals surface area (Å²) in [4.78, 5) is 19.3. The van der Waals surface area contributed by atoms with Crippen LogP contribution in [0.2, 0.25) is 19.6 Å². The maximum Gasteiger partial charge on any atom is 0.216 e. The van der Waals surface area contributed by atoms with Crippen LogP contribution in [-0.4, -0.2) is 32.6 Å². The second kappa shape index (κ2) is 19.1. The molecule has 0 unspecified atom stereocenters. The molecule has 339 valence electrons. The Morgan fingerprint density at radius 3 is 2.01 bits per heavy atom. The minimum absolute atomic E-state index is 0. The Kier molecular flexibility index (Phi) is 13.5. The Labute approximate surface area is 410 Å². The smallest absolute Gasteiger partial charge is 0.216 e. The molecule has 0 fully saturated rings. The first-order valence-electron chi connectivity index (χ1n) is 23.0. The molecule has 0 aliphatic carbocycles. The number of pyridine rings is 3. The molecule has 0 saturated heterocycles. The molecule has 67 heavy (non-hydrogen) atoms. The van der Waals surface area contributed by atoms with E-state index in [1.165, 1.54) is 27.4 Å². The molecule has 10 rings (SSSR count). The fraction of sp³-hybridized carbons (Fsp3) is 0.220. The summed E-state index contributed by atoms with van der Waals surface area (Å²) in [7, 11) is -1.49. The second-order valence-corrected chi connectivity index (χ2v) is 24.9. The topological polar surface area (TPSA) is 69.6 Å². The number of hydrogen-bond acceptors (Lipinski definition) is 5. The van der Waals surface area contributed by atoms with Crippen LogP contribution in [0.4, 0.5) is 0 Å². The van der Waals surface area contributed by atoms with E-state index in [1.54, 1.807) is 0 Å². The van der Waals surface area contributed by atoms with Gasteiger partial charge in [0.05, 0.1) is 36.7 Å². The van der Waals surface area contributed by atoms with Crippen molar-refractivity contribution in [3.63, 3.8) is 0 Å². The van der Waals surface area contributed by atoms with Gasteiger partial charge in [-0.15, -0.1) is 54.1 Å². The Morgan fingerprint density at radius 2 is 1.36 bits per heavy atom. The number of nitrogens with zero attached hydrogens (tertiary/aromatic N) is 5. The van der Waals surface area contributed by atoms with Crippen LogP contribution in [0.1, 0.15) is 77.1 Å². The molecular weight excluding hydrogens is 1010 g/mol. The van der Waals surface area contributed by atoms with Gasteiger partial charge in [-0.1, -0.05) is 152 Å². The van der Waals surface area contributed by atoms with Crippen LogP contribution in [-0.2, 0) is 25.5 Å². The first-order valence-corrected chi connectivity index (χ1v) is 26.5. The van der Waals surface area contributed by atoms with Crippen molar-refractivity contribution in [2.45, 2.75) is 85.4 Å². The molecule has 0 N–H and O–H groups in total. The molecule has 8 heteroatoms. The van der Waals surface area contributed by atoms with E-state index < -0.39 is 8.07 Å². The summed E-state index contributed by atoms with van der Waals surface area (Å²) in [5, 5.41) is 3.40. The van der Waals surface area contributed by atoms with Gasteiger partial charge < -0.3 is 14.0 Å². The first-order chi connectivity index (χ1) is 31.7. The zero-order chi connectivity index (χ0) is 46.3. The molecule has 0 bridgehead atoms. The SMILES string of the molecule is CC(C)c1ccc(-c2cc(-c3[c-]cccc3)ncc2[Si](C)(C)C)cc1.CC(C)c1cncc2nc(-c3[c-]ccc4c3oc3nc(C(C)(C)C)ccc34)n(-c3ccc(-c4ccccc4)cc3)c12.[Ir]. The van der Waals surface area contributed by atoms with Crippen LogP contribution in [0.25, 0.3) is 83.7 Å². The zero-order valence-corrected chi connectivity index (χ0v) is 43.5. The monoisotopic (exact) mass is 1070 g/mol. The van der Waals surface area contributed by atoms with Crippen LogP contribution in [0.3, 0.4) is 0 Å². The Morgan fingerprint density at radius 1 is 0.657 bits per heavy atom. The standard InChI is InChI=1S/C36H31N4O.C23H26NSi.Ir/c1-22(2)29-20-37-21-30-32(29)40(25-16-14-24(15-17-25)23-10-7-6-8-11-23)34(38-30)28-13-9-12-26-27-18-19-31(36(3,4)5)39-35(27)41-33(26)28;1-17(2)18-11-13-19(14-12-18)21-15-22(20-9-7-6-8-10-20)24-16-23(21)25(3,4)5;/h6-12,14-22H,1-5H3;6-9,11-17H,1-5H3;/q2*-1;. The van der Waals surface area contributed by atoms with Gasteiger partial charge in [0, 0.05) is 54.7 Å². The van der Waals surface area contributed by atoms with Crippen LogP contribution in [0.5, 0.6) is 0 Å². The molecule has 0 aliphatic rings. The van der Waals surface area contributed by atoms with Crippen molar-refractivity contribution < 1.29 is 24.5 Å². The van der Waals surface area contributed by atoms with Crippen molar-refractivity contribution in [3.05, 3.63) is 181 Å². The Balaban J connectivity index is 0.000000201. The zero-order valence-electron chi connectivity index (χ0n) is 40.1. The predicted octanol–water partition coefficient (Wildman–Crippen LogP) is 15.2. The van der Waals surface area contributed by atoms with Crippen molar-refractivity contribution >= 4 is 46.4 Å². The quantitative estimate of drug-likeness (QED) is 0.112. The molecule has 0 amide bonds. The van der Waals surface area contributed by atoms with Crippen molar-refractivity contribution in [2.75, 3.05) is 0 Å². The first kappa shape index (κ1) is 47.2. The molecule has 5 aromatic carbocycles. The predicted molar refractivity (Wildman–Crippen MR) is 277 cm³/mol. The van der Waals surface area contributed by atoms with Crippen molar-refractivity contribution in [3.8, 4) is 50.6 Å². The van der Waals surface area contributed by atoms with E-state index in [9.17, 15) is 0 Å². The molecule has 0 saturated carbocycles. The molecular formula is C59H57IrN5OSi-2. The van der Waals surface area contributed by atoms with E-state index in [1.807, 2.05) is 48.8 Å². The number of imidazole rings is 1. The van der Waals surface area contributed by atoms with E-state index >= 15 is 0 Å². The molecule has 5 heterocycles. The van der Waals surface area contributed by atoms with Gasteiger partial charge in [-0.05, 0) is 80.4 Å². The van der Waals surface area contributed by atoms with Gasteiger partial charge in [0.2, 0.25) is 5.71 Å². The fourth-order valence-electron chi connectivity index (χ4n) is 8.57. The third-order valence-electron chi connectivity index (χ3n) is 12.3. The van der Waals surface area contributed by atoms with E-state index in [0.717, 1.165) is 72.5 Å². The maximum atomic E-state index is 6.50. The number of benzene rings is 5. The summed E-state index contributed by atoms with van der Waals surface area (Å²) in [6, 6.07) is 53.4. The van der Waals surface area contributed by atoms with Crippen molar-refractivity contribution in [1.82, 2.24) is 24.5 Å². The average Bonchev–Trinajstić information content (AvgIpc) is 3.90. The normalized spacial score (nSPS) is 11.9.